The molecule has 0 radical (unpaired) electrons. The Bertz CT molecular complexity index is 705. The lowest BCUT2D eigenvalue weighted by atomic mass is 9.92. The quantitative estimate of drug-likeness (QED) is 0.793. The molecular formula is C20H29N3O3. The lowest BCUT2D eigenvalue weighted by molar-refractivity contribution is -0.125. The van der Waals surface area contributed by atoms with Crippen LogP contribution in [0.3, 0.4) is 0 Å². The lowest BCUT2D eigenvalue weighted by Crippen LogP contribution is -2.51. The zero-order valence-electron chi connectivity index (χ0n) is 16.0. The number of hydrogen-bond donors (Lipinski definition) is 2. The van der Waals surface area contributed by atoms with Crippen LogP contribution in [0, 0.1) is 5.92 Å². The van der Waals surface area contributed by atoms with Crippen molar-refractivity contribution in [1.82, 2.24) is 10.2 Å². The van der Waals surface area contributed by atoms with Crippen LogP contribution in [0.5, 0.6) is 5.75 Å². The van der Waals surface area contributed by atoms with Gasteiger partial charge in [0.1, 0.15) is 11.3 Å². The first-order valence-corrected chi connectivity index (χ1v) is 9.56. The molecule has 0 aromatic heterocycles. The Morgan fingerprint density at radius 1 is 1.23 bits per heavy atom. The van der Waals surface area contributed by atoms with E-state index < -0.39 is 5.54 Å². The van der Waals surface area contributed by atoms with Crippen molar-refractivity contribution in [3.63, 3.8) is 0 Å². The number of amides is 3. The molecule has 0 bridgehead atoms. The van der Waals surface area contributed by atoms with Gasteiger partial charge in [-0.25, -0.2) is 9.69 Å². The summed E-state index contributed by atoms with van der Waals surface area (Å²) in [4.78, 5) is 29.7. The monoisotopic (exact) mass is 359 g/mol. The number of carbonyl (C=O) groups is 2. The summed E-state index contributed by atoms with van der Waals surface area (Å²) < 4.78 is 0. The van der Waals surface area contributed by atoms with Crippen molar-refractivity contribution in [3.05, 3.63) is 24.3 Å². The number of hydrogen-bond acceptors (Lipinski definition) is 4. The SMILES string of the molecule is CCNC1CC2(CC1CC)C(=O)N(c1ccccc1O)C(=O)N2C(C)C. The van der Waals surface area contributed by atoms with E-state index in [1.807, 2.05) is 13.8 Å². The second-order valence-corrected chi connectivity index (χ2v) is 7.65. The molecule has 1 aliphatic carbocycles. The summed E-state index contributed by atoms with van der Waals surface area (Å²) in [5.74, 6) is 0.0806. The van der Waals surface area contributed by atoms with Crippen molar-refractivity contribution >= 4 is 17.6 Å². The molecule has 26 heavy (non-hydrogen) atoms. The van der Waals surface area contributed by atoms with E-state index in [9.17, 15) is 14.7 Å². The number of nitrogens with zero attached hydrogens (tertiary/aromatic N) is 2. The molecule has 6 heteroatoms. The molecule has 1 heterocycles. The number of phenolic OH excluding ortho intramolecular Hbond substituents is 1. The third-order valence-electron chi connectivity index (χ3n) is 5.82. The minimum atomic E-state index is -0.832. The number of imide groups is 1. The maximum absolute atomic E-state index is 13.5. The summed E-state index contributed by atoms with van der Waals surface area (Å²) in [5.41, 5.74) is -0.564. The van der Waals surface area contributed by atoms with E-state index in [1.54, 1.807) is 23.1 Å². The van der Waals surface area contributed by atoms with Gasteiger partial charge in [-0.15, -0.1) is 0 Å². The fourth-order valence-corrected chi connectivity index (χ4v) is 4.76. The Morgan fingerprint density at radius 3 is 2.50 bits per heavy atom. The number of rotatable bonds is 5. The average Bonchev–Trinajstić information content (AvgIpc) is 3.05. The molecule has 1 aromatic carbocycles. The zero-order valence-corrected chi connectivity index (χ0v) is 16.0. The first-order chi connectivity index (χ1) is 12.4. The average molecular weight is 359 g/mol. The molecule has 1 saturated heterocycles. The number of carbonyl (C=O) groups excluding carboxylic acids is 2. The summed E-state index contributed by atoms with van der Waals surface area (Å²) in [5, 5.41) is 13.7. The van der Waals surface area contributed by atoms with E-state index >= 15 is 0 Å². The van der Waals surface area contributed by atoms with Gasteiger partial charge in [0.2, 0.25) is 0 Å². The number of nitrogens with one attached hydrogen (secondary N) is 1. The van der Waals surface area contributed by atoms with Gasteiger partial charge in [0, 0.05) is 12.1 Å². The van der Waals surface area contributed by atoms with E-state index in [0.29, 0.717) is 18.8 Å². The van der Waals surface area contributed by atoms with Crippen LogP contribution in [0.15, 0.2) is 24.3 Å². The maximum Gasteiger partial charge on any atom is 0.332 e. The largest absolute Gasteiger partial charge is 0.506 e. The number of aromatic hydroxyl groups is 1. The van der Waals surface area contributed by atoms with E-state index in [4.69, 9.17) is 0 Å². The minimum Gasteiger partial charge on any atom is -0.506 e. The number of benzene rings is 1. The highest BCUT2D eigenvalue weighted by Crippen LogP contribution is 2.48. The van der Waals surface area contributed by atoms with E-state index in [0.717, 1.165) is 13.0 Å². The summed E-state index contributed by atoms with van der Waals surface area (Å²) in [6, 6.07) is 6.32. The molecule has 3 atom stereocenters. The number of urea groups is 1. The van der Waals surface area contributed by atoms with Crippen molar-refractivity contribution in [1.29, 1.82) is 0 Å². The first-order valence-electron chi connectivity index (χ1n) is 9.56. The molecule has 142 valence electrons. The van der Waals surface area contributed by atoms with Crippen LogP contribution in [0.2, 0.25) is 0 Å². The fourth-order valence-electron chi connectivity index (χ4n) is 4.76. The molecule has 2 aliphatic rings. The van der Waals surface area contributed by atoms with Gasteiger partial charge in [-0.1, -0.05) is 32.4 Å². The van der Waals surface area contributed by atoms with E-state index in [-0.39, 0.29) is 35.5 Å². The molecule has 1 saturated carbocycles. The summed E-state index contributed by atoms with van der Waals surface area (Å²) in [6.07, 6.45) is 2.24. The van der Waals surface area contributed by atoms with Crippen molar-refractivity contribution in [2.24, 2.45) is 5.92 Å². The molecule has 3 rings (SSSR count). The van der Waals surface area contributed by atoms with E-state index in [2.05, 4.69) is 19.2 Å². The Hall–Kier alpha value is -2.08. The number of anilines is 1. The van der Waals surface area contributed by atoms with Gasteiger partial charge in [0.15, 0.2) is 0 Å². The molecular weight excluding hydrogens is 330 g/mol. The third kappa shape index (κ3) is 2.67. The third-order valence-corrected chi connectivity index (χ3v) is 5.82. The second-order valence-electron chi connectivity index (χ2n) is 7.65. The van der Waals surface area contributed by atoms with E-state index in [1.165, 1.54) is 11.0 Å². The second kappa shape index (κ2) is 6.91. The van der Waals surface area contributed by atoms with Crippen molar-refractivity contribution in [3.8, 4) is 5.75 Å². The normalized spacial score (nSPS) is 28.8. The number of para-hydroxylation sites is 2. The molecule has 3 unspecified atom stereocenters. The Balaban J connectivity index is 2.06. The molecule has 6 nitrogen and oxygen atoms in total. The van der Waals surface area contributed by atoms with Crippen molar-refractivity contribution in [2.45, 2.75) is 64.6 Å². The molecule has 1 aliphatic heterocycles. The highest BCUT2D eigenvalue weighted by atomic mass is 16.3. The highest BCUT2D eigenvalue weighted by molar-refractivity contribution is 6.24. The molecule has 3 amide bonds. The molecule has 2 fully saturated rings. The Kier molecular flexibility index (Phi) is 4.97. The van der Waals surface area contributed by atoms with Crippen LogP contribution < -0.4 is 10.2 Å². The van der Waals surface area contributed by atoms with Gasteiger partial charge >= 0.3 is 6.03 Å². The van der Waals surface area contributed by atoms with Crippen LogP contribution >= 0.6 is 0 Å². The predicted octanol–water partition coefficient (Wildman–Crippen LogP) is 3.11. The number of phenols is 1. The van der Waals surface area contributed by atoms with Crippen molar-refractivity contribution < 1.29 is 14.7 Å². The Labute approximate surface area is 155 Å². The highest BCUT2D eigenvalue weighted by Gasteiger charge is 2.63. The predicted molar refractivity (Wildman–Crippen MR) is 101 cm³/mol. The van der Waals surface area contributed by atoms with Crippen LogP contribution in [0.25, 0.3) is 0 Å². The molecule has 1 aromatic rings. The van der Waals surface area contributed by atoms with Gasteiger partial charge in [-0.3, -0.25) is 4.79 Å². The van der Waals surface area contributed by atoms with Gasteiger partial charge < -0.3 is 15.3 Å². The van der Waals surface area contributed by atoms with Gasteiger partial charge in [0.05, 0.1) is 5.69 Å². The molecule has 2 N–H and O–H groups in total. The zero-order chi connectivity index (χ0) is 19.1. The standard InChI is InChI=1S/C20H29N3O3/c1-5-14-11-20(12-15(14)21-6-2)18(25)22(19(26)23(20)13(3)4)16-9-7-8-10-17(16)24/h7-10,13-15,21,24H,5-6,11-12H2,1-4H3. The minimum absolute atomic E-state index is 0.0526. The van der Waals surface area contributed by atoms with Gasteiger partial charge in [0.25, 0.3) is 5.91 Å². The summed E-state index contributed by atoms with van der Waals surface area (Å²) >= 11 is 0. The first kappa shape index (κ1) is 18.7. The van der Waals surface area contributed by atoms with Crippen LogP contribution in [-0.4, -0.2) is 46.1 Å². The van der Waals surface area contributed by atoms with Crippen LogP contribution in [-0.2, 0) is 4.79 Å². The van der Waals surface area contributed by atoms with Gasteiger partial charge in [-0.05, 0) is 51.3 Å². The summed E-state index contributed by atoms with van der Waals surface area (Å²) in [6.45, 7) is 8.93. The summed E-state index contributed by atoms with van der Waals surface area (Å²) in [7, 11) is 0. The maximum atomic E-state index is 13.5. The molecule has 1 spiro atoms. The fraction of sp³-hybridized carbons (Fsp3) is 0.600. The van der Waals surface area contributed by atoms with Gasteiger partial charge in [-0.2, -0.15) is 0 Å². The van der Waals surface area contributed by atoms with Crippen LogP contribution in [0.4, 0.5) is 10.5 Å². The topological polar surface area (TPSA) is 72.9 Å². The Morgan fingerprint density at radius 2 is 1.92 bits per heavy atom. The lowest BCUT2D eigenvalue weighted by Gasteiger charge is -2.34. The smallest absolute Gasteiger partial charge is 0.332 e. The van der Waals surface area contributed by atoms with Crippen LogP contribution in [0.1, 0.15) is 47.0 Å². The van der Waals surface area contributed by atoms with Crippen molar-refractivity contribution in [2.75, 3.05) is 11.4 Å².